The number of hydrogen-bond donors (Lipinski definition) is 0. The van der Waals surface area contributed by atoms with Gasteiger partial charge in [0.2, 0.25) is 0 Å². The van der Waals surface area contributed by atoms with Gasteiger partial charge in [-0.1, -0.05) is 0 Å². The van der Waals surface area contributed by atoms with Gasteiger partial charge in [0, 0.05) is 0 Å². The van der Waals surface area contributed by atoms with Gasteiger partial charge < -0.3 is 7.43 Å². The predicted octanol–water partition coefficient (Wildman–Crippen LogP) is 2.60. The van der Waals surface area contributed by atoms with Crippen LogP contribution in [-0.4, -0.2) is 0 Å². The molecular weight excluding hydrogens is 194 g/mol. The van der Waals surface area contributed by atoms with Crippen LogP contribution in [0.25, 0.3) is 0 Å². The van der Waals surface area contributed by atoms with E-state index in [0.717, 1.165) is 6.42 Å². The van der Waals surface area contributed by atoms with E-state index in [4.69, 9.17) is 0 Å². The van der Waals surface area contributed by atoms with Gasteiger partial charge in [-0.3, -0.25) is 6.08 Å². The molecule has 0 aromatic rings. The first-order valence-corrected chi connectivity index (χ1v) is 1.72. The van der Waals surface area contributed by atoms with Gasteiger partial charge in [-0.05, 0) is 0 Å². The smallest absolute Gasteiger partial charge is 0.358 e. The summed E-state index contributed by atoms with van der Waals surface area (Å²) in [7, 11) is 0. The molecule has 0 fully saturated rings. The molecule has 0 unspecified atom stereocenters. The van der Waals surface area contributed by atoms with Crippen LogP contribution in [0.1, 0.15) is 6.42 Å². The van der Waals surface area contributed by atoms with Crippen molar-refractivity contribution in [2.75, 3.05) is 0 Å². The minimum atomic E-state index is 0. The fraction of sp³-hybridized carbons (Fsp3) is 0.167. The van der Waals surface area contributed by atoms with Gasteiger partial charge in [0.1, 0.15) is 0 Å². The zero-order chi connectivity index (χ0) is 3.54. The zero-order valence-electron chi connectivity index (χ0n) is 5.20. The summed E-state index contributed by atoms with van der Waals surface area (Å²) < 4.78 is 0. The van der Waals surface area contributed by atoms with E-state index in [9.17, 15) is 0 Å². The second kappa shape index (κ2) is 15.9. The first-order chi connectivity index (χ1) is 2.50. The molecule has 0 aromatic carbocycles. The Morgan fingerprint density at radius 2 is 1.78 bits per heavy atom. The summed E-state index contributed by atoms with van der Waals surface area (Å²) in [5.74, 6) is 0. The van der Waals surface area contributed by atoms with Gasteiger partial charge in [-0.25, -0.2) is 12.2 Å². The molecule has 0 saturated carbocycles. The molecule has 0 bridgehead atoms. The molecule has 0 nitrogen and oxygen atoms in total. The quantitative estimate of drug-likeness (QED) is 0.532. The van der Waals surface area contributed by atoms with Crippen molar-refractivity contribution in [3.63, 3.8) is 0 Å². The second-order valence-corrected chi connectivity index (χ2v) is 1.00. The minimum absolute atomic E-state index is 0. The Morgan fingerprint density at radius 1 is 1.22 bits per heavy atom. The Kier molecular flexibility index (Phi) is 39.9. The molecule has 3 heteroatoms. The Morgan fingerprint density at radius 3 is 1.89 bits per heavy atom. The normalized spacial score (nSPS) is 9.78. The summed E-state index contributed by atoms with van der Waals surface area (Å²) >= 11 is 0. The van der Waals surface area contributed by atoms with Gasteiger partial charge >= 0.3 is 18.6 Å². The van der Waals surface area contributed by atoms with Gasteiger partial charge in [0.05, 0.1) is 0 Å². The molecule has 0 atom stereocenters. The van der Waals surface area contributed by atoms with Crippen LogP contribution < -0.4 is 0 Å². The maximum absolute atomic E-state index is 2.99. The van der Waals surface area contributed by atoms with E-state index in [-0.39, 0.29) is 50.8 Å². The van der Waals surface area contributed by atoms with Gasteiger partial charge in [0.25, 0.3) is 0 Å². The Labute approximate surface area is 81.5 Å². The second-order valence-electron chi connectivity index (χ2n) is 1.00. The van der Waals surface area contributed by atoms with E-state index in [1.54, 1.807) is 0 Å². The number of rotatable bonds is 0. The molecule has 0 N–H and O–H groups in total. The number of halogens is 2. The molecule has 9 heavy (non-hydrogen) atoms. The molecule has 1 radical (unpaired) electrons. The molecule has 1 aliphatic rings. The third kappa shape index (κ3) is 12.0. The van der Waals surface area contributed by atoms with Crippen molar-refractivity contribution in [1.82, 2.24) is 0 Å². The van der Waals surface area contributed by atoms with Gasteiger partial charge in [0.15, 0.2) is 0 Å². The summed E-state index contributed by atoms with van der Waals surface area (Å²) in [5, 5.41) is 0. The van der Waals surface area contributed by atoms with E-state index < -0.39 is 0 Å². The first-order valence-electron chi connectivity index (χ1n) is 1.72. The molecule has 0 amide bonds. The molecular formula is C6H10Cl2V. The molecule has 0 aliphatic heterocycles. The molecule has 1 rings (SSSR count). The number of allylic oxidation sites excluding steroid dienone is 4. The molecule has 53 valence electrons. The zero-order valence-corrected chi connectivity index (χ0v) is 8.23. The van der Waals surface area contributed by atoms with Crippen LogP contribution in [0.15, 0.2) is 18.2 Å². The summed E-state index contributed by atoms with van der Waals surface area (Å²) in [6.45, 7) is 0. The van der Waals surface area contributed by atoms with Crippen molar-refractivity contribution in [1.29, 1.82) is 0 Å². The Balaban J connectivity index is -0.0000000312. The fourth-order valence-electron chi connectivity index (χ4n) is 0.340. The summed E-state index contributed by atoms with van der Waals surface area (Å²) in [6.07, 6.45) is 10.0. The molecule has 0 heterocycles. The SMILES string of the molecule is Cl.Cl.[C-]1=CC=CC1.[CH3-].[V+2]. The average Bonchev–Trinajstić information content (AvgIpc) is 1.76. The summed E-state index contributed by atoms with van der Waals surface area (Å²) in [4.78, 5) is 0. The van der Waals surface area contributed by atoms with E-state index in [1.165, 1.54) is 0 Å². The van der Waals surface area contributed by atoms with Crippen LogP contribution in [0.2, 0.25) is 0 Å². The van der Waals surface area contributed by atoms with Crippen molar-refractivity contribution in [2.24, 2.45) is 0 Å². The van der Waals surface area contributed by atoms with E-state index in [0.29, 0.717) is 0 Å². The van der Waals surface area contributed by atoms with Gasteiger partial charge in [-0.2, -0.15) is 6.08 Å². The largest absolute Gasteiger partial charge is 2.00 e. The number of hydrogen-bond acceptors (Lipinski definition) is 0. The van der Waals surface area contributed by atoms with Crippen LogP contribution in [0, 0.1) is 13.5 Å². The standard InChI is InChI=1S/C5H5.CH3.2ClH.V/c1-2-4-5-3-1;;;;/h1-3H,4H2;1H3;2*1H;/q2*-1;;;+2. The maximum Gasteiger partial charge on any atom is 2.00 e. The van der Waals surface area contributed by atoms with Crippen LogP contribution >= 0.6 is 24.8 Å². The molecule has 0 aromatic heterocycles. The van der Waals surface area contributed by atoms with Crippen LogP contribution in [0.3, 0.4) is 0 Å². The van der Waals surface area contributed by atoms with Crippen molar-refractivity contribution in [2.45, 2.75) is 6.42 Å². The average molecular weight is 204 g/mol. The predicted molar refractivity (Wildman–Crippen MR) is 42.5 cm³/mol. The topological polar surface area (TPSA) is 0 Å². The molecule has 1 aliphatic carbocycles. The maximum atomic E-state index is 2.99. The molecule has 0 saturated heterocycles. The Hall–Kier alpha value is 0.644. The van der Waals surface area contributed by atoms with Crippen molar-refractivity contribution in [3.8, 4) is 0 Å². The molecule has 0 spiro atoms. The van der Waals surface area contributed by atoms with E-state index in [1.807, 2.05) is 12.2 Å². The van der Waals surface area contributed by atoms with E-state index in [2.05, 4.69) is 12.2 Å². The summed E-state index contributed by atoms with van der Waals surface area (Å²) in [6, 6.07) is 0. The van der Waals surface area contributed by atoms with E-state index >= 15 is 0 Å². The Bertz CT molecular complexity index is 69.1. The third-order valence-corrected chi connectivity index (χ3v) is 0.586. The van der Waals surface area contributed by atoms with Crippen LogP contribution in [0.4, 0.5) is 0 Å². The van der Waals surface area contributed by atoms with Crippen molar-refractivity contribution < 1.29 is 18.6 Å². The fourth-order valence-corrected chi connectivity index (χ4v) is 0.340. The van der Waals surface area contributed by atoms with Crippen molar-refractivity contribution >= 4 is 24.8 Å². The van der Waals surface area contributed by atoms with Crippen LogP contribution in [0.5, 0.6) is 0 Å². The van der Waals surface area contributed by atoms with Crippen molar-refractivity contribution in [3.05, 3.63) is 31.7 Å². The monoisotopic (exact) mass is 203 g/mol. The first kappa shape index (κ1) is 22.6. The minimum Gasteiger partial charge on any atom is -0.358 e. The summed E-state index contributed by atoms with van der Waals surface area (Å²) in [5.41, 5.74) is 0. The third-order valence-electron chi connectivity index (χ3n) is 0.586. The van der Waals surface area contributed by atoms with Gasteiger partial charge in [-0.15, -0.1) is 31.2 Å². The van der Waals surface area contributed by atoms with Crippen LogP contribution in [-0.2, 0) is 18.6 Å².